The molecule has 1 aromatic heterocycles. The van der Waals surface area contributed by atoms with Gasteiger partial charge in [-0.2, -0.15) is 0 Å². The summed E-state index contributed by atoms with van der Waals surface area (Å²) >= 11 is 5.64. The Morgan fingerprint density at radius 3 is 2.72 bits per heavy atom. The van der Waals surface area contributed by atoms with Crippen LogP contribution in [0.2, 0.25) is 5.02 Å². The molecule has 1 aliphatic rings. The number of pyridine rings is 1. The summed E-state index contributed by atoms with van der Waals surface area (Å²) in [5.41, 5.74) is 0.650. The summed E-state index contributed by atoms with van der Waals surface area (Å²) in [4.78, 5) is 4.21. The third kappa shape index (κ3) is 4.58. The number of nitrogens with one attached hydrogen (secondary N) is 1. The van der Waals surface area contributed by atoms with Gasteiger partial charge in [-0.05, 0) is 50.6 Å². The number of nitrogens with zero attached hydrogens (tertiary/aromatic N) is 1. The van der Waals surface area contributed by atoms with Gasteiger partial charge in [-0.3, -0.25) is 0 Å². The fourth-order valence-corrected chi connectivity index (χ4v) is 2.89. The first kappa shape index (κ1) is 17.9. The quantitative estimate of drug-likeness (QED) is 0.844. The van der Waals surface area contributed by atoms with Crippen LogP contribution in [0.25, 0.3) is 0 Å². The number of rotatable bonds is 5. The highest BCUT2D eigenvalue weighted by Crippen LogP contribution is 2.34. The van der Waals surface area contributed by atoms with Crippen molar-refractivity contribution in [2.75, 3.05) is 19.7 Å². The predicted molar refractivity (Wildman–Crippen MR) is 91.5 cm³/mol. The van der Waals surface area contributed by atoms with Crippen LogP contribution in [0, 0.1) is 24.5 Å². The molecular formula is C18H19ClF2N2O2. The zero-order valence-corrected chi connectivity index (χ0v) is 14.6. The number of hydrogen-bond acceptors (Lipinski definition) is 4. The van der Waals surface area contributed by atoms with E-state index in [0.29, 0.717) is 24.0 Å². The molecule has 1 aliphatic heterocycles. The van der Waals surface area contributed by atoms with Crippen molar-refractivity contribution in [2.24, 2.45) is 5.92 Å². The standard InChI is InChI=1S/C18H19ClF2N2O2/c1-11-4-5-16(24-10-12-3-2-6-22-9-12)18(23-11)25-17-14(20)7-13(19)8-15(17)21/h4-5,7-8,12,22H,2-3,6,9-10H2,1H3/t12-/m0/s1. The Kier molecular flexibility index (Phi) is 5.71. The second-order valence-electron chi connectivity index (χ2n) is 6.08. The van der Waals surface area contributed by atoms with Crippen LogP contribution in [0.3, 0.4) is 0 Å². The van der Waals surface area contributed by atoms with E-state index in [1.807, 2.05) is 0 Å². The molecule has 0 bridgehead atoms. The molecule has 134 valence electrons. The average Bonchev–Trinajstić information content (AvgIpc) is 2.58. The molecule has 1 N–H and O–H groups in total. The highest BCUT2D eigenvalue weighted by Gasteiger charge is 2.19. The molecule has 25 heavy (non-hydrogen) atoms. The lowest BCUT2D eigenvalue weighted by molar-refractivity contribution is 0.211. The van der Waals surface area contributed by atoms with E-state index in [4.69, 9.17) is 21.1 Å². The molecule has 7 heteroatoms. The van der Waals surface area contributed by atoms with Gasteiger partial charge < -0.3 is 14.8 Å². The summed E-state index contributed by atoms with van der Waals surface area (Å²) in [5.74, 6) is -1.57. The van der Waals surface area contributed by atoms with Crippen molar-refractivity contribution in [1.82, 2.24) is 10.3 Å². The van der Waals surface area contributed by atoms with Gasteiger partial charge in [0.2, 0.25) is 5.75 Å². The second-order valence-corrected chi connectivity index (χ2v) is 6.52. The first-order valence-corrected chi connectivity index (χ1v) is 8.54. The van der Waals surface area contributed by atoms with Gasteiger partial charge in [0.1, 0.15) is 0 Å². The van der Waals surface area contributed by atoms with Gasteiger partial charge in [-0.15, -0.1) is 0 Å². The number of ether oxygens (including phenoxy) is 2. The number of halogens is 3. The maximum Gasteiger partial charge on any atom is 0.262 e. The molecule has 2 aromatic rings. The maximum atomic E-state index is 14.0. The van der Waals surface area contributed by atoms with Gasteiger partial charge in [-0.1, -0.05) is 11.6 Å². The average molecular weight is 369 g/mol. The Morgan fingerprint density at radius 1 is 1.28 bits per heavy atom. The van der Waals surface area contributed by atoms with Crippen molar-refractivity contribution >= 4 is 11.6 Å². The summed E-state index contributed by atoms with van der Waals surface area (Å²) in [6.07, 6.45) is 2.17. The molecule has 2 heterocycles. The molecular weight excluding hydrogens is 350 g/mol. The summed E-state index contributed by atoms with van der Waals surface area (Å²) in [5, 5.41) is 3.28. The molecule has 3 rings (SSSR count). The van der Waals surface area contributed by atoms with Crippen LogP contribution in [0.15, 0.2) is 24.3 Å². The van der Waals surface area contributed by atoms with Crippen molar-refractivity contribution in [3.63, 3.8) is 0 Å². The summed E-state index contributed by atoms with van der Waals surface area (Å²) in [6.45, 7) is 4.15. The van der Waals surface area contributed by atoms with E-state index in [1.54, 1.807) is 19.1 Å². The van der Waals surface area contributed by atoms with Gasteiger partial charge in [0.05, 0.1) is 6.61 Å². The normalized spacial score (nSPS) is 17.4. The Bertz CT molecular complexity index is 729. The molecule has 1 saturated heterocycles. The monoisotopic (exact) mass is 368 g/mol. The number of aryl methyl sites for hydroxylation is 1. The fourth-order valence-electron chi connectivity index (χ4n) is 2.70. The van der Waals surface area contributed by atoms with E-state index in [9.17, 15) is 8.78 Å². The van der Waals surface area contributed by atoms with Crippen molar-refractivity contribution in [3.8, 4) is 17.4 Å². The van der Waals surface area contributed by atoms with E-state index in [1.165, 1.54) is 0 Å². The first-order chi connectivity index (χ1) is 12.0. The smallest absolute Gasteiger partial charge is 0.262 e. The molecule has 1 fully saturated rings. The molecule has 0 radical (unpaired) electrons. The van der Waals surface area contributed by atoms with Gasteiger partial charge >= 0.3 is 0 Å². The van der Waals surface area contributed by atoms with Crippen molar-refractivity contribution in [3.05, 3.63) is 46.6 Å². The third-order valence-corrected chi connectivity index (χ3v) is 4.22. The zero-order valence-electron chi connectivity index (χ0n) is 13.8. The number of aromatic nitrogens is 1. The van der Waals surface area contributed by atoms with Crippen LogP contribution in [0.5, 0.6) is 17.4 Å². The summed E-state index contributed by atoms with van der Waals surface area (Å²) in [6, 6.07) is 5.43. The van der Waals surface area contributed by atoms with Gasteiger partial charge in [0.25, 0.3) is 5.88 Å². The lowest BCUT2D eigenvalue weighted by atomic mass is 10.0. The SMILES string of the molecule is Cc1ccc(OC[C@H]2CCCNC2)c(Oc2c(F)cc(Cl)cc2F)n1. The Hall–Kier alpha value is -1.92. The Balaban J connectivity index is 1.79. The fraction of sp³-hybridized carbons (Fsp3) is 0.389. The number of piperidine rings is 1. The van der Waals surface area contributed by atoms with Gasteiger partial charge in [0, 0.05) is 23.2 Å². The lowest BCUT2D eigenvalue weighted by Gasteiger charge is -2.23. The third-order valence-electron chi connectivity index (χ3n) is 4.00. The summed E-state index contributed by atoms with van der Waals surface area (Å²) in [7, 11) is 0. The van der Waals surface area contributed by atoms with Crippen molar-refractivity contribution < 1.29 is 18.3 Å². The van der Waals surface area contributed by atoms with E-state index in [0.717, 1.165) is 38.1 Å². The van der Waals surface area contributed by atoms with E-state index >= 15 is 0 Å². The van der Waals surface area contributed by atoms with Crippen LogP contribution in [0.4, 0.5) is 8.78 Å². The highest BCUT2D eigenvalue weighted by molar-refractivity contribution is 6.30. The highest BCUT2D eigenvalue weighted by atomic mass is 35.5. The molecule has 0 amide bonds. The van der Waals surface area contributed by atoms with Crippen LogP contribution >= 0.6 is 11.6 Å². The van der Waals surface area contributed by atoms with Crippen LogP contribution < -0.4 is 14.8 Å². The van der Waals surface area contributed by atoms with Gasteiger partial charge in [0.15, 0.2) is 17.4 Å². The number of hydrogen-bond donors (Lipinski definition) is 1. The molecule has 0 spiro atoms. The minimum absolute atomic E-state index is 0.0314. The van der Waals surface area contributed by atoms with Crippen molar-refractivity contribution in [1.29, 1.82) is 0 Å². The van der Waals surface area contributed by atoms with E-state index in [-0.39, 0.29) is 10.9 Å². The van der Waals surface area contributed by atoms with Crippen LogP contribution in [-0.4, -0.2) is 24.7 Å². The Labute approximate surface area is 150 Å². The number of benzene rings is 1. The van der Waals surface area contributed by atoms with Crippen LogP contribution in [0.1, 0.15) is 18.5 Å². The largest absolute Gasteiger partial charge is 0.488 e. The molecule has 1 atom stereocenters. The summed E-state index contributed by atoms with van der Waals surface area (Å²) < 4.78 is 39.2. The molecule has 1 aromatic carbocycles. The predicted octanol–water partition coefficient (Wildman–Crippen LogP) is 4.49. The van der Waals surface area contributed by atoms with Gasteiger partial charge in [-0.25, -0.2) is 13.8 Å². The first-order valence-electron chi connectivity index (χ1n) is 8.16. The molecule has 0 unspecified atom stereocenters. The topological polar surface area (TPSA) is 43.4 Å². The van der Waals surface area contributed by atoms with E-state index in [2.05, 4.69) is 10.3 Å². The molecule has 4 nitrogen and oxygen atoms in total. The maximum absolute atomic E-state index is 14.0. The molecule has 0 saturated carbocycles. The minimum atomic E-state index is -0.893. The minimum Gasteiger partial charge on any atom is -0.488 e. The Morgan fingerprint density at radius 2 is 2.04 bits per heavy atom. The molecule has 0 aliphatic carbocycles. The van der Waals surface area contributed by atoms with E-state index < -0.39 is 17.4 Å². The second kappa shape index (κ2) is 7.97. The zero-order chi connectivity index (χ0) is 17.8. The lowest BCUT2D eigenvalue weighted by Crippen LogP contribution is -2.33. The van der Waals surface area contributed by atoms with Crippen molar-refractivity contribution in [2.45, 2.75) is 19.8 Å². The van der Waals surface area contributed by atoms with Crippen LogP contribution in [-0.2, 0) is 0 Å².